The molecule has 2 N–H and O–H groups in total. The number of carbonyl (C=O) groups excluding carboxylic acids is 1. The molecule has 0 radical (unpaired) electrons. The SMILES string of the molecule is COC(=O)NC1CCN(c2ccc(C(C)O)cc2F)C1. The maximum Gasteiger partial charge on any atom is 0.407 e. The topological polar surface area (TPSA) is 61.8 Å². The van der Waals surface area contributed by atoms with E-state index in [1.165, 1.54) is 13.2 Å². The van der Waals surface area contributed by atoms with Crippen LogP contribution >= 0.6 is 0 Å². The van der Waals surface area contributed by atoms with E-state index in [1.807, 2.05) is 4.90 Å². The Morgan fingerprint density at radius 3 is 2.95 bits per heavy atom. The molecule has 0 spiro atoms. The molecule has 5 nitrogen and oxygen atoms in total. The minimum Gasteiger partial charge on any atom is -0.453 e. The summed E-state index contributed by atoms with van der Waals surface area (Å²) in [6.45, 7) is 2.81. The first-order valence-electron chi connectivity index (χ1n) is 6.58. The van der Waals surface area contributed by atoms with Crippen molar-refractivity contribution in [2.75, 3.05) is 25.1 Å². The van der Waals surface area contributed by atoms with Gasteiger partial charge in [0.25, 0.3) is 0 Å². The maximum atomic E-state index is 14.1. The molecule has 1 aliphatic heterocycles. The van der Waals surface area contributed by atoms with Crippen molar-refractivity contribution in [3.8, 4) is 0 Å². The van der Waals surface area contributed by atoms with E-state index >= 15 is 0 Å². The van der Waals surface area contributed by atoms with Crippen LogP contribution in [0, 0.1) is 5.82 Å². The molecule has 6 heteroatoms. The molecular weight excluding hydrogens is 263 g/mol. The summed E-state index contributed by atoms with van der Waals surface area (Å²) < 4.78 is 18.6. The molecule has 0 bridgehead atoms. The van der Waals surface area contributed by atoms with E-state index in [1.54, 1.807) is 19.1 Å². The quantitative estimate of drug-likeness (QED) is 0.887. The van der Waals surface area contributed by atoms with Gasteiger partial charge in [0.15, 0.2) is 0 Å². The molecule has 1 aromatic carbocycles. The van der Waals surface area contributed by atoms with Crippen LogP contribution in [0.4, 0.5) is 14.9 Å². The van der Waals surface area contributed by atoms with Crippen LogP contribution in [0.15, 0.2) is 18.2 Å². The molecule has 0 aliphatic carbocycles. The monoisotopic (exact) mass is 282 g/mol. The molecule has 1 amide bonds. The van der Waals surface area contributed by atoms with Gasteiger partial charge in [-0.1, -0.05) is 6.07 Å². The van der Waals surface area contributed by atoms with Gasteiger partial charge in [0.2, 0.25) is 0 Å². The van der Waals surface area contributed by atoms with Crippen molar-refractivity contribution in [2.24, 2.45) is 0 Å². The van der Waals surface area contributed by atoms with Gasteiger partial charge in [-0.3, -0.25) is 0 Å². The summed E-state index contributed by atoms with van der Waals surface area (Å²) in [6.07, 6.45) is -0.417. The average Bonchev–Trinajstić information content (AvgIpc) is 2.86. The highest BCUT2D eigenvalue weighted by atomic mass is 19.1. The van der Waals surface area contributed by atoms with E-state index in [-0.39, 0.29) is 11.9 Å². The lowest BCUT2D eigenvalue weighted by molar-refractivity contribution is 0.167. The van der Waals surface area contributed by atoms with Gasteiger partial charge in [0, 0.05) is 13.1 Å². The Morgan fingerprint density at radius 1 is 1.60 bits per heavy atom. The summed E-state index contributed by atoms with van der Waals surface area (Å²) >= 11 is 0. The zero-order valence-electron chi connectivity index (χ0n) is 11.6. The van der Waals surface area contributed by atoms with Crippen molar-refractivity contribution < 1.29 is 19.0 Å². The molecular formula is C14H19FN2O3. The molecule has 1 saturated heterocycles. The van der Waals surface area contributed by atoms with Gasteiger partial charge in [-0.15, -0.1) is 0 Å². The Hall–Kier alpha value is -1.82. The predicted octanol–water partition coefficient (Wildman–Crippen LogP) is 1.81. The second-order valence-electron chi connectivity index (χ2n) is 4.95. The van der Waals surface area contributed by atoms with Crippen molar-refractivity contribution in [3.63, 3.8) is 0 Å². The zero-order chi connectivity index (χ0) is 14.7. The first-order chi connectivity index (χ1) is 9.51. The number of amides is 1. The lowest BCUT2D eigenvalue weighted by Crippen LogP contribution is -2.37. The first kappa shape index (κ1) is 14.6. The van der Waals surface area contributed by atoms with Crippen LogP contribution in [0.5, 0.6) is 0 Å². The molecule has 110 valence electrons. The number of nitrogens with one attached hydrogen (secondary N) is 1. The van der Waals surface area contributed by atoms with E-state index in [2.05, 4.69) is 10.1 Å². The fourth-order valence-corrected chi connectivity index (χ4v) is 2.36. The summed E-state index contributed by atoms with van der Waals surface area (Å²) in [4.78, 5) is 13.0. The number of benzene rings is 1. The molecule has 1 aromatic rings. The van der Waals surface area contributed by atoms with Crippen molar-refractivity contribution >= 4 is 11.8 Å². The molecule has 0 saturated carbocycles. The predicted molar refractivity (Wildman–Crippen MR) is 73.2 cm³/mol. The summed E-state index contributed by atoms with van der Waals surface area (Å²) in [5, 5.41) is 12.1. The van der Waals surface area contributed by atoms with Crippen molar-refractivity contribution in [1.29, 1.82) is 0 Å². The average molecular weight is 282 g/mol. The third kappa shape index (κ3) is 3.19. The molecule has 1 fully saturated rings. The lowest BCUT2D eigenvalue weighted by Gasteiger charge is -2.20. The highest BCUT2D eigenvalue weighted by Crippen LogP contribution is 2.26. The fraction of sp³-hybridized carbons (Fsp3) is 0.500. The van der Waals surface area contributed by atoms with Crippen LogP contribution in [0.25, 0.3) is 0 Å². The smallest absolute Gasteiger partial charge is 0.407 e. The summed E-state index contributed by atoms with van der Waals surface area (Å²) in [5.74, 6) is -0.359. The number of nitrogens with zero attached hydrogens (tertiary/aromatic N) is 1. The van der Waals surface area contributed by atoms with Gasteiger partial charge in [-0.2, -0.15) is 0 Å². The molecule has 2 unspecified atom stereocenters. The Bertz CT molecular complexity index is 493. The second-order valence-corrected chi connectivity index (χ2v) is 4.95. The Kier molecular flexibility index (Phi) is 4.44. The number of hydrogen-bond donors (Lipinski definition) is 2. The molecule has 20 heavy (non-hydrogen) atoms. The highest BCUT2D eigenvalue weighted by molar-refractivity contribution is 5.67. The zero-order valence-corrected chi connectivity index (χ0v) is 11.6. The number of halogens is 1. The molecule has 1 heterocycles. The normalized spacial score (nSPS) is 19.8. The van der Waals surface area contributed by atoms with Crippen LogP contribution in [0.1, 0.15) is 25.0 Å². The number of alkyl carbamates (subject to hydrolysis) is 1. The number of aliphatic hydroxyl groups is 1. The molecule has 0 aromatic heterocycles. The molecule has 1 aliphatic rings. The summed E-state index contributed by atoms with van der Waals surface area (Å²) in [5.41, 5.74) is 1.04. The number of hydrogen-bond acceptors (Lipinski definition) is 4. The molecule has 2 rings (SSSR count). The largest absolute Gasteiger partial charge is 0.453 e. The maximum absolute atomic E-state index is 14.1. The standard InChI is InChI=1S/C14H19FN2O3/c1-9(18)10-3-4-13(12(15)7-10)17-6-5-11(8-17)16-14(19)20-2/h3-4,7,9,11,18H,5-6,8H2,1-2H3,(H,16,19). The number of ether oxygens (including phenoxy) is 1. The Labute approximate surface area is 117 Å². The first-order valence-corrected chi connectivity index (χ1v) is 6.58. The third-order valence-corrected chi connectivity index (χ3v) is 3.49. The van der Waals surface area contributed by atoms with E-state index < -0.39 is 12.2 Å². The van der Waals surface area contributed by atoms with Gasteiger partial charge in [0.05, 0.1) is 24.9 Å². The Balaban J connectivity index is 2.04. The fourth-order valence-electron chi connectivity index (χ4n) is 2.36. The second kappa shape index (κ2) is 6.09. The summed E-state index contributed by atoms with van der Waals surface area (Å²) in [7, 11) is 1.32. The van der Waals surface area contributed by atoms with Gasteiger partial charge >= 0.3 is 6.09 Å². The number of aliphatic hydroxyl groups excluding tert-OH is 1. The lowest BCUT2D eigenvalue weighted by atomic mass is 10.1. The van der Waals surface area contributed by atoms with Crippen molar-refractivity contribution in [1.82, 2.24) is 5.32 Å². The van der Waals surface area contributed by atoms with Crippen LogP contribution in [0.2, 0.25) is 0 Å². The Morgan fingerprint density at radius 2 is 2.35 bits per heavy atom. The van der Waals surface area contributed by atoms with Crippen LogP contribution in [-0.2, 0) is 4.74 Å². The van der Waals surface area contributed by atoms with Gasteiger partial charge in [-0.25, -0.2) is 9.18 Å². The number of carbonyl (C=O) groups is 1. The molecule has 2 atom stereocenters. The third-order valence-electron chi connectivity index (χ3n) is 3.49. The van der Waals surface area contributed by atoms with Crippen molar-refractivity contribution in [2.45, 2.75) is 25.5 Å². The van der Waals surface area contributed by atoms with Gasteiger partial charge in [-0.05, 0) is 31.0 Å². The highest BCUT2D eigenvalue weighted by Gasteiger charge is 2.26. The summed E-state index contributed by atoms with van der Waals surface area (Å²) in [6, 6.07) is 4.68. The number of anilines is 1. The van der Waals surface area contributed by atoms with Crippen LogP contribution in [0.3, 0.4) is 0 Å². The van der Waals surface area contributed by atoms with Gasteiger partial charge in [0.1, 0.15) is 5.82 Å². The van der Waals surface area contributed by atoms with Gasteiger partial charge < -0.3 is 20.1 Å². The van der Waals surface area contributed by atoms with E-state index in [0.29, 0.717) is 24.3 Å². The number of rotatable bonds is 3. The van der Waals surface area contributed by atoms with Crippen LogP contribution in [-0.4, -0.2) is 37.4 Å². The van der Waals surface area contributed by atoms with Crippen molar-refractivity contribution in [3.05, 3.63) is 29.6 Å². The van der Waals surface area contributed by atoms with E-state index in [0.717, 1.165) is 6.42 Å². The van der Waals surface area contributed by atoms with E-state index in [4.69, 9.17) is 0 Å². The minimum atomic E-state index is -0.689. The number of methoxy groups -OCH3 is 1. The minimum absolute atomic E-state index is 0.0432. The van der Waals surface area contributed by atoms with E-state index in [9.17, 15) is 14.3 Å². The van der Waals surface area contributed by atoms with Crippen LogP contribution < -0.4 is 10.2 Å².